The van der Waals surface area contributed by atoms with Gasteiger partial charge >= 0.3 is 0 Å². The summed E-state index contributed by atoms with van der Waals surface area (Å²) in [5.41, 5.74) is 0. The third-order valence-corrected chi connectivity index (χ3v) is 4.86. The number of aromatic nitrogens is 1. The highest BCUT2D eigenvalue weighted by molar-refractivity contribution is 7.11. The number of thiazole rings is 1. The second-order valence-corrected chi connectivity index (χ2v) is 5.89. The highest BCUT2D eigenvalue weighted by Crippen LogP contribution is 2.23. The van der Waals surface area contributed by atoms with Gasteiger partial charge in [0.2, 0.25) is 0 Å². The average molecular weight is 237 g/mol. The van der Waals surface area contributed by atoms with E-state index in [1.807, 2.05) is 5.38 Å². The summed E-state index contributed by atoms with van der Waals surface area (Å²) in [5.74, 6) is 1.15. The van der Waals surface area contributed by atoms with Crippen LogP contribution in [0.4, 0.5) is 0 Å². The maximum atomic E-state index is 12.0. The van der Waals surface area contributed by atoms with E-state index >= 15 is 0 Å². The molecule has 3 nitrogen and oxygen atoms in total. The van der Waals surface area contributed by atoms with Crippen molar-refractivity contribution in [3.05, 3.63) is 16.6 Å². The summed E-state index contributed by atoms with van der Waals surface area (Å²) in [6.45, 7) is 2.56. The van der Waals surface area contributed by atoms with Gasteiger partial charge in [-0.3, -0.25) is 4.79 Å². The van der Waals surface area contributed by atoms with Crippen molar-refractivity contribution in [2.24, 2.45) is 5.92 Å². The van der Waals surface area contributed by atoms with Crippen LogP contribution in [0.3, 0.4) is 0 Å². The number of ketones is 1. The topological polar surface area (TPSA) is 34.4 Å². The lowest BCUT2D eigenvalue weighted by atomic mass is 9.82. The molecule has 3 fully saturated rings. The molecule has 1 aromatic rings. The fourth-order valence-electron chi connectivity index (χ4n) is 3.16. The second-order valence-electron chi connectivity index (χ2n) is 5.00. The standard InChI is InChI=1S/C12H16N2OS/c15-11(12-13-3-6-16-12)8-10-7-9-1-4-14(10)5-2-9/h3,6,9-10H,1-2,4-5,7-8H2/p+1. The van der Waals surface area contributed by atoms with Gasteiger partial charge in [0.1, 0.15) is 0 Å². The number of nitrogens with one attached hydrogen (secondary N) is 1. The number of piperidine rings is 3. The zero-order valence-electron chi connectivity index (χ0n) is 9.32. The predicted molar refractivity (Wildman–Crippen MR) is 62.9 cm³/mol. The fourth-order valence-corrected chi connectivity index (χ4v) is 3.75. The van der Waals surface area contributed by atoms with Gasteiger partial charge in [-0.1, -0.05) is 0 Å². The molecular formula is C12H17N2OS+. The Kier molecular flexibility index (Phi) is 2.77. The number of carbonyl (C=O) groups is 1. The second kappa shape index (κ2) is 4.26. The Morgan fingerprint density at radius 3 is 2.88 bits per heavy atom. The largest absolute Gasteiger partial charge is 0.332 e. The molecule has 3 aliphatic rings. The van der Waals surface area contributed by atoms with Gasteiger partial charge < -0.3 is 4.90 Å². The minimum absolute atomic E-state index is 0.250. The van der Waals surface area contributed by atoms with E-state index in [-0.39, 0.29) is 5.78 Å². The quantitative estimate of drug-likeness (QED) is 0.789. The van der Waals surface area contributed by atoms with E-state index in [2.05, 4.69) is 4.98 Å². The highest BCUT2D eigenvalue weighted by atomic mass is 32.1. The third-order valence-electron chi connectivity index (χ3n) is 4.05. The zero-order valence-corrected chi connectivity index (χ0v) is 10.1. The van der Waals surface area contributed by atoms with Crippen LogP contribution in [0.2, 0.25) is 0 Å². The first-order valence-electron chi connectivity index (χ1n) is 6.10. The molecule has 1 N–H and O–H groups in total. The third kappa shape index (κ3) is 1.92. The monoisotopic (exact) mass is 237 g/mol. The van der Waals surface area contributed by atoms with Crippen LogP contribution in [0.1, 0.15) is 35.5 Å². The maximum Gasteiger partial charge on any atom is 0.197 e. The predicted octanol–water partition coefficient (Wildman–Crippen LogP) is 0.783. The lowest BCUT2D eigenvalue weighted by Crippen LogP contribution is -3.18. The van der Waals surface area contributed by atoms with Crippen molar-refractivity contribution in [1.29, 1.82) is 0 Å². The molecule has 3 aliphatic heterocycles. The smallest absolute Gasteiger partial charge is 0.197 e. The van der Waals surface area contributed by atoms with Crippen molar-refractivity contribution in [1.82, 2.24) is 4.98 Å². The molecule has 0 aromatic carbocycles. The van der Waals surface area contributed by atoms with Crippen LogP contribution in [0.5, 0.6) is 0 Å². The number of rotatable bonds is 3. The molecule has 4 heteroatoms. The molecular weight excluding hydrogens is 220 g/mol. The minimum Gasteiger partial charge on any atom is -0.332 e. The Morgan fingerprint density at radius 2 is 2.31 bits per heavy atom. The van der Waals surface area contributed by atoms with Crippen molar-refractivity contribution in [3.63, 3.8) is 0 Å². The summed E-state index contributed by atoms with van der Waals surface area (Å²) in [5, 5.41) is 2.58. The molecule has 4 heterocycles. The van der Waals surface area contributed by atoms with Crippen LogP contribution in [-0.4, -0.2) is 29.9 Å². The lowest BCUT2D eigenvalue weighted by Gasteiger charge is -2.42. The normalized spacial score (nSPS) is 32.9. The van der Waals surface area contributed by atoms with E-state index in [0.717, 1.165) is 5.92 Å². The highest BCUT2D eigenvalue weighted by Gasteiger charge is 2.38. The first-order chi connectivity index (χ1) is 7.83. The Labute approximate surface area is 99.5 Å². The average Bonchev–Trinajstić information content (AvgIpc) is 2.84. The van der Waals surface area contributed by atoms with Crippen molar-refractivity contribution in [3.8, 4) is 0 Å². The van der Waals surface area contributed by atoms with Crippen LogP contribution in [-0.2, 0) is 0 Å². The Hall–Kier alpha value is -0.740. The summed E-state index contributed by atoms with van der Waals surface area (Å²) in [4.78, 5) is 17.7. The summed E-state index contributed by atoms with van der Waals surface area (Å²) >= 11 is 1.47. The number of quaternary nitrogens is 1. The summed E-state index contributed by atoms with van der Waals surface area (Å²) < 4.78 is 0. The van der Waals surface area contributed by atoms with E-state index in [1.54, 1.807) is 11.1 Å². The van der Waals surface area contributed by atoms with Crippen molar-refractivity contribution in [2.45, 2.75) is 31.7 Å². The van der Waals surface area contributed by atoms with E-state index < -0.39 is 0 Å². The number of fused-ring (bicyclic) bond motifs is 3. The SMILES string of the molecule is O=C(CC1CC2CC[NH+]1CC2)c1nccs1. The Bertz CT molecular complexity index is 368. The molecule has 3 saturated heterocycles. The number of hydrogen-bond donors (Lipinski definition) is 1. The lowest BCUT2D eigenvalue weighted by molar-refractivity contribution is -0.941. The molecule has 0 amide bonds. The van der Waals surface area contributed by atoms with Crippen LogP contribution < -0.4 is 4.90 Å². The molecule has 16 heavy (non-hydrogen) atoms. The minimum atomic E-state index is 0.250. The maximum absolute atomic E-state index is 12.0. The first-order valence-corrected chi connectivity index (χ1v) is 6.98. The molecule has 1 aromatic heterocycles. The van der Waals surface area contributed by atoms with Crippen LogP contribution in [0, 0.1) is 5.92 Å². The first kappa shape index (κ1) is 10.4. The molecule has 2 bridgehead atoms. The van der Waals surface area contributed by atoms with E-state index in [4.69, 9.17) is 0 Å². The summed E-state index contributed by atoms with van der Waals surface area (Å²) in [6, 6.07) is 0.573. The number of Topliss-reactive ketones (excluding diaryl/α,β-unsaturated/α-hetero) is 1. The summed E-state index contributed by atoms with van der Waals surface area (Å²) in [6.07, 6.45) is 6.43. The van der Waals surface area contributed by atoms with Crippen LogP contribution >= 0.6 is 11.3 Å². The Morgan fingerprint density at radius 1 is 1.50 bits per heavy atom. The number of hydrogen-bond acceptors (Lipinski definition) is 3. The van der Waals surface area contributed by atoms with Gasteiger partial charge in [0, 0.05) is 18.0 Å². The van der Waals surface area contributed by atoms with Gasteiger partial charge in [-0.25, -0.2) is 4.98 Å². The van der Waals surface area contributed by atoms with Crippen molar-refractivity contribution in [2.75, 3.05) is 13.1 Å². The fraction of sp³-hybridized carbons (Fsp3) is 0.667. The van der Waals surface area contributed by atoms with E-state index in [0.29, 0.717) is 17.5 Å². The summed E-state index contributed by atoms with van der Waals surface area (Å²) in [7, 11) is 0. The van der Waals surface area contributed by atoms with Gasteiger partial charge in [0.25, 0.3) is 0 Å². The number of nitrogens with zero attached hydrogens (tertiary/aromatic N) is 1. The van der Waals surface area contributed by atoms with Crippen LogP contribution in [0.15, 0.2) is 11.6 Å². The van der Waals surface area contributed by atoms with Gasteiger partial charge in [-0.05, 0) is 18.8 Å². The molecule has 0 aliphatic carbocycles. The van der Waals surface area contributed by atoms with Crippen LogP contribution in [0.25, 0.3) is 0 Å². The molecule has 86 valence electrons. The molecule has 0 saturated carbocycles. The van der Waals surface area contributed by atoms with E-state index in [9.17, 15) is 4.79 Å². The van der Waals surface area contributed by atoms with E-state index in [1.165, 1.54) is 43.7 Å². The molecule has 0 radical (unpaired) electrons. The van der Waals surface area contributed by atoms with Gasteiger partial charge in [0.15, 0.2) is 10.8 Å². The van der Waals surface area contributed by atoms with Gasteiger partial charge in [-0.15, -0.1) is 11.3 Å². The molecule has 0 spiro atoms. The van der Waals surface area contributed by atoms with Crippen molar-refractivity contribution >= 4 is 17.1 Å². The van der Waals surface area contributed by atoms with Crippen molar-refractivity contribution < 1.29 is 9.69 Å². The zero-order chi connectivity index (χ0) is 11.0. The Balaban J connectivity index is 1.65. The number of carbonyl (C=O) groups excluding carboxylic acids is 1. The molecule has 4 rings (SSSR count). The molecule has 1 atom stereocenters. The molecule has 1 unspecified atom stereocenters. The van der Waals surface area contributed by atoms with Gasteiger partial charge in [0.05, 0.1) is 25.6 Å². The van der Waals surface area contributed by atoms with Gasteiger partial charge in [-0.2, -0.15) is 0 Å².